The van der Waals surface area contributed by atoms with Gasteiger partial charge < -0.3 is 20.4 Å². The molecular formula is C18H29IN6O2. The van der Waals surface area contributed by atoms with Gasteiger partial charge in [0.15, 0.2) is 11.7 Å². The van der Waals surface area contributed by atoms with Crippen molar-refractivity contribution in [1.82, 2.24) is 25.7 Å². The summed E-state index contributed by atoms with van der Waals surface area (Å²) in [4.78, 5) is 16.2. The van der Waals surface area contributed by atoms with E-state index < -0.39 is 0 Å². The molecule has 0 fully saturated rings. The highest BCUT2D eigenvalue weighted by Gasteiger charge is 2.12. The Bertz CT molecular complexity index is 781. The maximum absolute atomic E-state index is 11.9. The Labute approximate surface area is 177 Å². The van der Waals surface area contributed by atoms with E-state index in [9.17, 15) is 4.79 Å². The predicted octanol–water partition coefficient (Wildman–Crippen LogP) is 2.04. The largest absolute Gasteiger partial charge is 0.459 e. The third-order valence-electron chi connectivity index (χ3n) is 4.31. The number of aryl methyl sites for hydroxylation is 3. The zero-order chi connectivity index (χ0) is 19.1. The van der Waals surface area contributed by atoms with E-state index in [1.165, 1.54) is 11.8 Å². The number of nitrogens with zero attached hydrogens (tertiary/aromatic N) is 3. The summed E-state index contributed by atoms with van der Waals surface area (Å²) in [7, 11) is 3.68. The van der Waals surface area contributed by atoms with E-state index in [0.29, 0.717) is 25.4 Å². The zero-order valence-corrected chi connectivity index (χ0v) is 18.9. The van der Waals surface area contributed by atoms with Gasteiger partial charge in [-0.25, -0.2) is 0 Å². The molecule has 0 bridgehead atoms. The fourth-order valence-corrected chi connectivity index (χ4v) is 2.65. The number of carbonyl (C=O) groups is 1. The summed E-state index contributed by atoms with van der Waals surface area (Å²) in [5.74, 6) is 0.913. The van der Waals surface area contributed by atoms with Crippen molar-refractivity contribution in [2.75, 3.05) is 20.1 Å². The molecule has 0 aromatic carbocycles. The summed E-state index contributed by atoms with van der Waals surface area (Å²) in [6, 6.07) is 1.78. The normalized spacial score (nSPS) is 11.1. The van der Waals surface area contributed by atoms with E-state index >= 15 is 0 Å². The first-order valence-electron chi connectivity index (χ1n) is 8.70. The van der Waals surface area contributed by atoms with Crippen molar-refractivity contribution < 1.29 is 9.21 Å². The van der Waals surface area contributed by atoms with E-state index in [1.54, 1.807) is 13.1 Å². The molecule has 8 nitrogen and oxygen atoms in total. The van der Waals surface area contributed by atoms with Crippen molar-refractivity contribution in [3.8, 4) is 0 Å². The van der Waals surface area contributed by atoms with Gasteiger partial charge in [-0.1, -0.05) is 0 Å². The van der Waals surface area contributed by atoms with Gasteiger partial charge in [0, 0.05) is 50.6 Å². The minimum atomic E-state index is -0.183. The highest BCUT2D eigenvalue weighted by Crippen LogP contribution is 2.11. The molecule has 0 aliphatic carbocycles. The van der Waals surface area contributed by atoms with Gasteiger partial charge in [-0.05, 0) is 33.3 Å². The molecule has 1 amide bonds. The highest BCUT2D eigenvalue weighted by molar-refractivity contribution is 14.0. The van der Waals surface area contributed by atoms with Crippen LogP contribution >= 0.6 is 24.0 Å². The minimum absolute atomic E-state index is 0. The van der Waals surface area contributed by atoms with Crippen LogP contribution in [0.1, 0.15) is 39.5 Å². The minimum Gasteiger partial charge on any atom is -0.459 e. The Hall–Kier alpha value is -2.04. The number of guanidine groups is 1. The van der Waals surface area contributed by atoms with Crippen LogP contribution in [0.2, 0.25) is 0 Å². The molecule has 0 radical (unpaired) electrons. The summed E-state index contributed by atoms with van der Waals surface area (Å²) in [6.45, 7) is 7.83. The lowest BCUT2D eigenvalue weighted by atomic mass is 10.2. The summed E-state index contributed by atoms with van der Waals surface area (Å²) in [5.41, 5.74) is 4.17. The topological polar surface area (TPSA) is 96.5 Å². The maximum Gasteiger partial charge on any atom is 0.287 e. The molecule has 0 aliphatic heterocycles. The van der Waals surface area contributed by atoms with Crippen molar-refractivity contribution in [3.63, 3.8) is 0 Å². The van der Waals surface area contributed by atoms with Crippen molar-refractivity contribution in [2.45, 2.75) is 33.7 Å². The predicted molar refractivity (Wildman–Crippen MR) is 117 cm³/mol. The van der Waals surface area contributed by atoms with Gasteiger partial charge in [0.25, 0.3) is 5.91 Å². The average Bonchev–Trinajstić information content (AvgIpc) is 3.14. The Kier molecular flexibility index (Phi) is 9.33. The molecular weight excluding hydrogens is 459 g/mol. The molecule has 27 heavy (non-hydrogen) atoms. The van der Waals surface area contributed by atoms with Crippen LogP contribution in [-0.4, -0.2) is 41.8 Å². The van der Waals surface area contributed by atoms with Gasteiger partial charge in [0.2, 0.25) is 0 Å². The number of furan rings is 1. The summed E-state index contributed by atoms with van der Waals surface area (Å²) in [6.07, 6.45) is 2.30. The Balaban J connectivity index is 0.00000364. The first-order chi connectivity index (χ1) is 12.4. The molecule has 150 valence electrons. The second-order valence-corrected chi connectivity index (χ2v) is 6.17. The lowest BCUT2D eigenvalue weighted by Crippen LogP contribution is -2.38. The molecule has 2 aromatic heterocycles. The van der Waals surface area contributed by atoms with Crippen molar-refractivity contribution >= 4 is 35.8 Å². The molecule has 0 saturated carbocycles. The number of carbonyl (C=O) groups excluding carboxylic acids is 1. The second kappa shape index (κ2) is 11.0. The average molecular weight is 488 g/mol. The summed E-state index contributed by atoms with van der Waals surface area (Å²) >= 11 is 0. The van der Waals surface area contributed by atoms with Crippen LogP contribution in [0.15, 0.2) is 21.7 Å². The number of halogens is 1. The Morgan fingerprint density at radius 2 is 1.93 bits per heavy atom. The number of hydrogen-bond donors (Lipinski definition) is 3. The third-order valence-corrected chi connectivity index (χ3v) is 4.31. The molecule has 9 heteroatoms. The molecule has 0 unspecified atom stereocenters. The molecule has 2 heterocycles. The van der Waals surface area contributed by atoms with Gasteiger partial charge >= 0.3 is 0 Å². The number of rotatable bonds is 7. The fourth-order valence-electron chi connectivity index (χ4n) is 2.65. The SMILES string of the molecule is CN=C(NCCCNC(=O)c1occc1C)NCc1c(C)nn(C)c1C.I. The van der Waals surface area contributed by atoms with Crippen LogP contribution in [0, 0.1) is 20.8 Å². The number of amides is 1. The first-order valence-corrected chi connectivity index (χ1v) is 8.70. The van der Waals surface area contributed by atoms with Crippen LogP contribution < -0.4 is 16.0 Å². The van der Waals surface area contributed by atoms with E-state index in [2.05, 4.69) is 33.0 Å². The molecule has 3 N–H and O–H groups in total. The smallest absolute Gasteiger partial charge is 0.287 e. The van der Waals surface area contributed by atoms with E-state index in [0.717, 1.165) is 29.3 Å². The Morgan fingerprint density at radius 1 is 1.22 bits per heavy atom. The molecule has 0 spiro atoms. The maximum atomic E-state index is 11.9. The Morgan fingerprint density at radius 3 is 2.48 bits per heavy atom. The van der Waals surface area contributed by atoms with Crippen molar-refractivity contribution in [1.29, 1.82) is 0 Å². The third kappa shape index (κ3) is 6.26. The summed E-state index contributed by atoms with van der Waals surface area (Å²) < 4.78 is 7.05. The quantitative estimate of drug-likeness (QED) is 0.240. The van der Waals surface area contributed by atoms with Gasteiger partial charge in [-0.3, -0.25) is 14.5 Å². The van der Waals surface area contributed by atoms with Gasteiger partial charge in [0.1, 0.15) is 0 Å². The van der Waals surface area contributed by atoms with Crippen LogP contribution in [0.25, 0.3) is 0 Å². The number of hydrogen-bond acceptors (Lipinski definition) is 4. The lowest BCUT2D eigenvalue weighted by Gasteiger charge is -2.12. The standard InChI is InChI=1S/C18H28N6O2.HI/c1-12-7-10-26-16(12)17(25)20-8-6-9-21-18(19-4)22-11-15-13(2)23-24(5)14(15)3;/h7,10H,6,8-9,11H2,1-5H3,(H,20,25)(H2,19,21,22);1H. The van der Waals surface area contributed by atoms with E-state index in [4.69, 9.17) is 4.42 Å². The number of nitrogens with one attached hydrogen (secondary N) is 3. The van der Waals surface area contributed by atoms with Crippen molar-refractivity contribution in [3.05, 3.63) is 40.6 Å². The van der Waals surface area contributed by atoms with Gasteiger partial charge in [0.05, 0.1) is 12.0 Å². The summed E-state index contributed by atoms with van der Waals surface area (Å²) in [5, 5.41) is 13.8. The van der Waals surface area contributed by atoms with Crippen LogP contribution in [0.5, 0.6) is 0 Å². The number of aromatic nitrogens is 2. The molecule has 2 rings (SSSR count). The molecule has 0 saturated heterocycles. The van der Waals surface area contributed by atoms with Gasteiger partial charge in [-0.15, -0.1) is 24.0 Å². The highest BCUT2D eigenvalue weighted by atomic mass is 127. The lowest BCUT2D eigenvalue weighted by molar-refractivity contribution is 0.0925. The molecule has 2 aromatic rings. The first kappa shape index (κ1) is 23.0. The van der Waals surface area contributed by atoms with Crippen LogP contribution in [-0.2, 0) is 13.6 Å². The van der Waals surface area contributed by atoms with E-state index in [1.807, 2.05) is 25.6 Å². The fraction of sp³-hybridized carbons (Fsp3) is 0.500. The molecule has 0 aliphatic rings. The second-order valence-electron chi connectivity index (χ2n) is 6.17. The van der Waals surface area contributed by atoms with Crippen molar-refractivity contribution in [2.24, 2.45) is 12.0 Å². The van der Waals surface area contributed by atoms with Crippen LogP contribution in [0.4, 0.5) is 0 Å². The van der Waals surface area contributed by atoms with E-state index in [-0.39, 0.29) is 29.9 Å². The van der Waals surface area contributed by atoms with Crippen LogP contribution in [0.3, 0.4) is 0 Å². The number of aliphatic imine (C=N–C) groups is 1. The monoisotopic (exact) mass is 488 g/mol. The zero-order valence-electron chi connectivity index (χ0n) is 16.5. The van der Waals surface area contributed by atoms with Gasteiger partial charge in [-0.2, -0.15) is 5.10 Å². The molecule has 0 atom stereocenters.